The highest BCUT2D eigenvalue weighted by Gasteiger charge is 2.31. The van der Waals surface area contributed by atoms with E-state index in [9.17, 15) is 18.0 Å². The van der Waals surface area contributed by atoms with Gasteiger partial charge in [0, 0.05) is 33.2 Å². The fourth-order valence-electron chi connectivity index (χ4n) is 3.82. The van der Waals surface area contributed by atoms with Gasteiger partial charge in [-0.25, -0.2) is 13.2 Å². The lowest BCUT2D eigenvalue weighted by Gasteiger charge is -2.35. The Morgan fingerprint density at radius 3 is 2.14 bits per heavy atom. The number of hydrogen-bond acceptors (Lipinski definition) is 9. The van der Waals surface area contributed by atoms with Crippen LogP contribution >= 0.6 is 0 Å². The number of hydrogen-bond donors (Lipinski definition) is 0. The second-order valence-corrected chi connectivity index (χ2v) is 11.6. The zero-order valence-electron chi connectivity index (χ0n) is 21.7. The van der Waals surface area contributed by atoms with Crippen LogP contribution in [0.1, 0.15) is 48.5 Å². The first kappa shape index (κ1) is 27.4. The fourth-order valence-corrected chi connectivity index (χ4v) is 5.35. The molecule has 3 rings (SSSR count). The van der Waals surface area contributed by atoms with Crippen LogP contribution in [0, 0.1) is 13.8 Å². The zero-order valence-corrected chi connectivity index (χ0v) is 22.5. The lowest BCUT2D eigenvalue weighted by Crippen LogP contribution is -2.51. The molecule has 0 spiro atoms. The molecule has 1 fully saturated rings. The number of amides is 2. The molecule has 1 aliphatic heterocycles. The Bertz CT molecular complexity index is 1200. The molecule has 2 aromatic rings. The molecule has 0 atom stereocenters. The Kier molecular flexibility index (Phi) is 7.94. The number of nitrogens with zero attached hydrogens (tertiary/aromatic N) is 5. The van der Waals surface area contributed by atoms with Crippen LogP contribution in [0.15, 0.2) is 21.4 Å². The van der Waals surface area contributed by atoms with Gasteiger partial charge in [0.25, 0.3) is 0 Å². The highest BCUT2D eigenvalue weighted by molar-refractivity contribution is 7.89. The van der Waals surface area contributed by atoms with Gasteiger partial charge in [-0.05, 0) is 57.9 Å². The van der Waals surface area contributed by atoms with Crippen molar-refractivity contribution < 1.29 is 31.9 Å². The van der Waals surface area contributed by atoms with Gasteiger partial charge in [-0.2, -0.15) is 4.31 Å². The van der Waals surface area contributed by atoms with Gasteiger partial charge in [-0.1, -0.05) is 0 Å². The minimum absolute atomic E-state index is 0.0133. The van der Waals surface area contributed by atoms with Crippen molar-refractivity contribution in [1.29, 1.82) is 0 Å². The molecule has 1 aliphatic rings. The summed E-state index contributed by atoms with van der Waals surface area (Å²) in [5.41, 5.74) is 0.492. The van der Waals surface area contributed by atoms with Crippen LogP contribution in [0.25, 0.3) is 0 Å². The van der Waals surface area contributed by atoms with Crippen molar-refractivity contribution in [3.63, 3.8) is 0 Å². The molecule has 0 radical (unpaired) electrons. The molecule has 1 aromatic heterocycles. The summed E-state index contributed by atoms with van der Waals surface area (Å²) in [4.78, 5) is 28.3. The van der Waals surface area contributed by atoms with Crippen LogP contribution in [-0.4, -0.2) is 90.7 Å². The first-order valence-electron chi connectivity index (χ1n) is 11.4. The third-order valence-electron chi connectivity index (χ3n) is 5.56. The number of rotatable bonds is 6. The summed E-state index contributed by atoms with van der Waals surface area (Å²) in [5, 5.41) is 7.67. The fraction of sp³-hybridized carbons (Fsp3) is 0.565. The number of ether oxygens (including phenoxy) is 2. The Morgan fingerprint density at radius 1 is 1.06 bits per heavy atom. The number of methoxy groups -OCH3 is 1. The van der Waals surface area contributed by atoms with Crippen LogP contribution in [0.2, 0.25) is 0 Å². The van der Waals surface area contributed by atoms with Crippen molar-refractivity contribution in [1.82, 2.24) is 24.3 Å². The maximum absolute atomic E-state index is 13.2. The van der Waals surface area contributed by atoms with Gasteiger partial charge in [-0.15, -0.1) is 10.2 Å². The van der Waals surface area contributed by atoms with E-state index in [0.29, 0.717) is 30.0 Å². The average Bonchev–Trinajstić information content (AvgIpc) is 3.25. The van der Waals surface area contributed by atoms with Crippen LogP contribution in [0.3, 0.4) is 0 Å². The summed E-state index contributed by atoms with van der Waals surface area (Å²) < 4.78 is 43.6. The lowest BCUT2D eigenvalue weighted by molar-refractivity contribution is 0.0136. The minimum atomic E-state index is -3.88. The third-order valence-corrected chi connectivity index (χ3v) is 7.67. The molecule has 36 heavy (non-hydrogen) atoms. The highest BCUT2D eigenvalue weighted by atomic mass is 32.2. The van der Waals surface area contributed by atoms with Crippen molar-refractivity contribution in [2.75, 3.05) is 40.3 Å². The SMILES string of the molecule is COc1cc(C)c(S(=O)(=O)N(C)Cc2nnc(C(=O)N3CCN(C(=O)OC(C)(C)C)CC3)o2)c(C)c1. The van der Waals surface area contributed by atoms with E-state index in [2.05, 4.69) is 10.2 Å². The summed E-state index contributed by atoms with van der Waals surface area (Å²) in [6.07, 6.45) is -0.429. The van der Waals surface area contributed by atoms with E-state index in [0.717, 1.165) is 4.31 Å². The second-order valence-electron chi connectivity index (χ2n) is 9.61. The average molecular weight is 524 g/mol. The van der Waals surface area contributed by atoms with Crippen molar-refractivity contribution in [2.45, 2.75) is 51.7 Å². The normalized spacial score (nSPS) is 14.8. The van der Waals surface area contributed by atoms with Gasteiger partial charge in [0.1, 0.15) is 11.4 Å². The standard InChI is InChI=1S/C23H33N5O7S/c1-15-12-17(33-7)13-16(2)19(15)36(31,32)26(6)14-18-24-25-20(34-18)21(29)27-8-10-28(11-9-27)22(30)35-23(3,4)5/h12-13H,8-11,14H2,1-7H3. The molecule has 0 saturated carbocycles. The summed E-state index contributed by atoms with van der Waals surface area (Å²) >= 11 is 0. The maximum atomic E-state index is 13.2. The van der Waals surface area contributed by atoms with Gasteiger partial charge < -0.3 is 23.7 Å². The van der Waals surface area contributed by atoms with Crippen LogP contribution in [0.4, 0.5) is 4.79 Å². The van der Waals surface area contributed by atoms with E-state index >= 15 is 0 Å². The van der Waals surface area contributed by atoms with E-state index in [-0.39, 0.29) is 36.3 Å². The topological polar surface area (TPSA) is 135 Å². The van der Waals surface area contributed by atoms with Crippen molar-refractivity contribution >= 4 is 22.0 Å². The molecule has 1 aromatic carbocycles. The first-order chi connectivity index (χ1) is 16.7. The number of piperazine rings is 1. The van der Waals surface area contributed by atoms with Crippen LogP contribution < -0.4 is 4.74 Å². The molecule has 13 heteroatoms. The van der Waals surface area contributed by atoms with Crippen molar-refractivity contribution in [2.24, 2.45) is 0 Å². The number of carbonyl (C=O) groups excluding carboxylic acids is 2. The monoisotopic (exact) mass is 523 g/mol. The Labute approximate surface area is 211 Å². The number of benzene rings is 1. The third kappa shape index (κ3) is 6.13. The quantitative estimate of drug-likeness (QED) is 0.558. The van der Waals surface area contributed by atoms with E-state index in [1.165, 1.54) is 24.0 Å². The van der Waals surface area contributed by atoms with E-state index in [1.54, 1.807) is 46.8 Å². The molecular weight excluding hydrogens is 490 g/mol. The molecule has 0 unspecified atom stereocenters. The molecule has 198 valence electrons. The summed E-state index contributed by atoms with van der Waals surface area (Å²) in [7, 11) is -0.957. The maximum Gasteiger partial charge on any atom is 0.410 e. The molecule has 0 bridgehead atoms. The molecule has 0 aliphatic carbocycles. The summed E-state index contributed by atoms with van der Waals surface area (Å²) in [5.74, 6) is -0.164. The van der Waals surface area contributed by atoms with Gasteiger partial charge in [0.05, 0.1) is 18.6 Å². The van der Waals surface area contributed by atoms with Crippen molar-refractivity contribution in [3.05, 3.63) is 35.0 Å². The number of carbonyl (C=O) groups is 2. The molecule has 0 N–H and O–H groups in total. The zero-order chi connectivity index (χ0) is 26.8. The molecule has 2 heterocycles. The largest absolute Gasteiger partial charge is 0.497 e. The van der Waals surface area contributed by atoms with E-state index in [1.807, 2.05) is 0 Å². The van der Waals surface area contributed by atoms with Gasteiger partial charge in [0.2, 0.25) is 15.9 Å². The highest BCUT2D eigenvalue weighted by Crippen LogP contribution is 2.28. The second kappa shape index (κ2) is 10.4. The number of sulfonamides is 1. The lowest BCUT2D eigenvalue weighted by atomic mass is 10.1. The molecular formula is C23H33N5O7S. The van der Waals surface area contributed by atoms with Gasteiger partial charge in [-0.3, -0.25) is 4.79 Å². The molecule has 2 amide bonds. The number of aromatic nitrogens is 2. The summed E-state index contributed by atoms with van der Waals surface area (Å²) in [6, 6.07) is 3.31. The van der Waals surface area contributed by atoms with Crippen LogP contribution in [-0.2, 0) is 21.3 Å². The summed E-state index contributed by atoms with van der Waals surface area (Å²) in [6.45, 7) is 9.73. The Balaban J connectivity index is 1.64. The molecule has 1 saturated heterocycles. The van der Waals surface area contributed by atoms with Crippen molar-refractivity contribution in [3.8, 4) is 5.75 Å². The first-order valence-corrected chi connectivity index (χ1v) is 12.9. The molecule has 12 nitrogen and oxygen atoms in total. The van der Waals surface area contributed by atoms with E-state index in [4.69, 9.17) is 13.9 Å². The Hall–Kier alpha value is -3.19. The number of aryl methyl sites for hydroxylation is 2. The predicted octanol–water partition coefficient (Wildman–Crippen LogP) is 2.21. The van der Waals surface area contributed by atoms with E-state index < -0.39 is 27.6 Å². The van der Waals surface area contributed by atoms with Gasteiger partial charge in [0.15, 0.2) is 0 Å². The Morgan fingerprint density at radius 2 is 1.61 bits per heavy atom. The minimum Gasteiger partial charge on any atom is -0.497 e. The smallest absolute Gasteiger partial charge is 0.410 e. The van der Waals surface area contributed by atoms with Crippen LogP contribution in [0.5, 0.6) is 5.75 Å². The van der Waals surface area contributed by atoms with Gasteiger partial charge >= 0.3 is 17.9 Å². The predicted molar refractivity (Wildman–Crippen MR) is 129 cm³/mol.